The zero-order valence-electron chi connectivity index (χ0n) is 16.7. The lowest BCUT2D eigenvalue weighted by molar-refractivity contribution is 0.420. The number of aromatic amines is 1. The van der Waals surface area contributed by atoms with Gasteiger partial charge in [0.2, 0.25) is 5.95 Å². The number of methoxy groups -OCH3 is 1. The topological polar surface area (TPSA) is 93.0 Å². The Kier molecular flexibility index (Phi) is 4.60. The van der Waals surface area contributed by atoms with Crippen molar-refractivity contribution in [2.45, 2.75) is 0 Å². The zero-order valence-corrected chi connectivity index (χ0v) is 17.4. The molecule has 8 heteroatoms. The maximum absolute atomic E-state index is 11.6. The van der Waals surface area contributed by atoms with Gasteiger partial charge >= 0.3 is 5.76 Å². The normalized spacial score (nSPS) is 11.2. The van der Waals surface area contributed by atoms with Gasteiger partial charge in [-0.3, -0.25) is 4.98 Å². The Morgan fingerprint density at radius 2 is 1.94 bits per heavy atom. The van der Waals surface area contributed by atoms with E-state index in [1.807, 2.05) is 36.4 Å². The second-order valence-corrected chi connectivity index (χ2v) is 7.38. The summed E-state index contributed by atoms with van der Waals surface area (Å²) in [5, 5.41) is 4.43. The number of anilines is 1. The van der Waals surface area contributed by atoms with E-state index in [4.69, 9.17) is 20.8 Å². The molecule has 0 atom stereocenters. The summed E-state index contributed by atoms with van der Waals surface area (Å²) in [6, 6.07) is 15.1. The van der Waals surface area contributed by atoms with E-state index < -0.39 is 5.76 Å². The summed E-state index contributed by atoms with van der Waals surface area (Å²) in [4.78, 5) is 23.3. The van der Waals surface area contributed by atoms with E-state index in [1.54, 1.807) is 32.5 Å². The van der Waals surface area contributed by atoms with Gasteiger partial charge in [-0.1, -0.05) is 29.8 Å². The Bertz CT molecular complexity index is 1510. The van der Waals surface area contributed by atoms with Gasteiger partial charge in [0.15, 0.2) is 11.3 Å². The molecule has 2 heterocycles. The van der Waals surface area contributed by atoms with Crippen molar-refractivity contribution in [2.75, 3.05) is 19.5 Å². The predicted octanol–water partition coefficient (Wildman–Crippen LogP) is 5.10. The Hall–Kier alpha value is -3.84. The van der Waals surface area contributed by atoms with Gasteiger partial charge in [-0.05, 0) is 47.0 Å². The van der Waals surface area contributed by atoms with E-state index in [0.29, 0.717) is 33.3 Å². The van der Waals surface area contributed by atoms with Crippen molar-refractivity contribution in [1.29, 1.82) is 0 Å². The van der Waals surface area contributed by atoms with Crippen LogP contribution in [0.1, 0.15) is 0 Å². The van der Waals surface area contributed by atoms with Crippen molar-refractivity contribution in [2.24, 2.45) is 0 Å². The van der Waals surface area contributed by atoms with Gasteiger partial charge < -0.3 is 14.5 Å². The van der Waals surface area contributed by atoms with Crippen LogP contribution in [0, 0.1) is 0 Å². The van der Waals surface area contributed by atoms with E-state index in [9.17, 15) is 4.79 Å². The minimum atomic E-state index is -0.497. The number of halogens is 1. The third kappa shape index (κ3) is 3.29. The molecule has 0 aliphatic heterocycles. The van der Waals surface area contributed by atoms with Gasteiger partial charge in [0.1, 0.15) is 5.52 Å². The molecule has 0 aliphatic carbocycles. The third-order valence-corrected chi connectivity index (χ3v) is 5.36. The lowest BCUT2D eigenvalue weighted by Gasteiger charge is -2.16. The number of benzene rings is 3. The first-order chi connectivity index (χ1) is 15.1. The molecule has 3 aromatic carbocycles. The average Bonchev–Trinajstić information content (AvgIpc) is 3.16. The molecule has 0 amide bonds. The molecule has 0 radical (unpaired) electrons. The molecular formula is C23H17ClN4O3. The van der Waals surface area contributed by atoms with Gasteiger partial charge in [-0.15, -0.1) is 0 Å². The van der Waals surface area contributed by atoms with Gasteiger partial charge in [-0.2, -0.15) is 0 Å². The lowest BCUT2D eigenvalue weighted by Crippen LogP contribution is -2.00. The standard InChI is InChI=1S/C23H17ClN4O3/c1-25-22-26-11-17-15(12-4-3-5-14(24)8-12)10-16(21(30-2)20(17)28-22)13-6-7-18-19(9-13)31-23(29)27-18/h3-11H,1-2H3,(H,27,29)(H,25,26,28). The molecule has 0 saturated heterocycles. The molecule has 154 valence electrons. The molecule has 5 aromatic rings. The van der Waals surface area contributed by atoms with Crippen LogP contribution in [0.2, 0.25) is 5.02 Å². The summed E-state index contributed by atoms with van der Waals surface area (Å²) in [5.74, 6) is 0.577. The Morgan fingerprint density at radius 3 is 2.71 bits per heavy atom. The van der Waals surface area contributed by atoms with E-state index in [1.165, 1.54) is 0 Å². The molecule has 0 aliphatic rings. The van der Waals surface area contributed by atoms with Gasteiger partial charge in [0, 0.05) is 29.2 Å². The fraction of sp³-hybridized carbons (Fsp3) is 0.0870. The highest BCUT2D eigenvalue weighted by molar-refractivity contribution is 6.31. The Balaban J connectivity index is 1.87. The summed E-state index contributed by atoms with van der Waals surface area (Å²) in [6.45, 7) is 0. The highest BCUT2D eigenvalue weighted by Crippen LogP contribution is 2.42. The van der Waals surface area contributed by atoms with Crippen LogP contribution in [0.3, 0.4) is 0 Å². The molecule has 2 aromatic heterocycles. The summed E-state index contributed by atoms with van der Waals surface area (Å²) in [7, 11) is 3.37. The minimum absolute atomic E-state index is 0.465. The maximum Gasteiger partial charge on any atom is 0.417 e. The molecule has 0 saturated carbocycles. The molecule has 31 heavy (non-hydrogen) atoms. The van der Waals surface area contributed by atoms with Crippen molar-refractivity contribution >= 4 is 39.6 Å². The first-order valence-electron chi connectivity index (χ1n) is 9.52. The second-order valence-electron chi connectivity index (χ2n) is 6.95. The van der Waals surface area contributed by atoms with Crippen molar-refractivity contribution in [3.63, 3.8) is 0 Å². The van der Waals surface area contributed by atoms with Crippen LogP contribution in [0.25, 0.3) is 44.3 Å². The number of hydrogen-bond acceptors (Lipinski definition) is 6. The lowest BCUT2D eigenvalue weighted by atomic mass is 9.94. The average molecular weight is 433 g/mol. The van der Waals surface area contributed by atoms with Gasteiger partial charge in [0.05, 0.1) is 12.6 Å². The number of hydrogen-bond donors (Lipinski definition) is 2. The first kappa shape index (κ1) is 19.1. The Labute approximate surface area is 181 Å². The molecule has 0 bridgehead atoms. The molecule has 7 nitrogen and oxygen atoms in total. The molecule has 5 rings (SSSR count). The van der Waals surface area contributed by atoms with E-state index >= 15 is 0 Å². The fourth-order valence-corrected chi connectivity index (χ4v) is 3.91. The SMILES string of the molecule is CNc1ncc2c(-c3cccc(Cl)c3)cc(-c3ccc4[nH]c(=O)oc4c3)c(OC)c2n1. The monoisotopic (exact) mass is 432 g/mol. The number of H-pyrrole nitrogens is 1. The van der Waals surface area contributed by atoms with Crippen molar-refractivity contribution < 1.29 is 9.15 Å². The minimum Gasteiger partial charge on any atom is -0.494 e. The zero-order chi connectivity index (χ0) is 21.5. The molecule has 0 spiro atoms. The second kappa shape index (κ2) is 7.45. The van der Waals surface area contributed by atoms with Crippen LogP contribution >= 0.6 is 11.6 Å². The number of nitrogens with zero attached hydrogens (tertiary/aromatic N) is 2. The van der Waals surface area contributed by atoms with Gasteiger partial charge in [0.25, 0.3) is 0 Å². The summed E-state index contributed by atoms with van der Waals surface area (Å²) in [5.41, 5.74) is 5.21. The van der Waals surface area contributed by atoms with Crippen LogP contribution in [0.15, 0.2) is 63.9 Å². The molecule has 2 N–H and O–H groups in total. The van der Waals surface area contributed by atoms with Crippen LogP contribution in [0.5, 0.6) is 5.75 Å². The summed E-state index contributed by atoms with van der Waals surface area (Å²) >= 11 is 6.27. The van der Waals surface area contributed by atoms with Crippen molar-refractivity contribution in [3.05, 3.63) is 70.3 Å². The molecular weight excluding hydrogens is 416 g/mol. The number of aromatic nitrogens is 3. The van der Waals surface area contributed by atoms with Crippen molar-refractivity contribution in [3.8, 4) is 28.0 Å². The predicted molar refractivity (Wildman–Crippen MR) is 122 cm³/mol. The molecule has 0 fully saturated rings. The van der Waals surface area contributed by atoms with E-state index in [0.717, 1.165) is 27.6 Å². The summed E-state index contributed by atoms with van der Waals surface area (Å²) < 4.78 is 11.1. The van der Waals surface area contributed by atoms with Crippen molar-refractivity contribution in [1.82, 2.24) is 15.0 Å². The Morgan fingerprint density at radius 1 is 1.10 bits per heavy atom. The van der Waals surface area contributed by atoms with Gasteiger partial charge in [-0.25, -0.2) is 14.8 Å². The third-order valence-electron chi connectivity index (χ3n) is 5.12. The van der Waals surface area contributed by atoms with Crippen LogP contribution in [-0.2, 0) is 0 Å². The quantitative estimate of drug-likeness (QED) is 0.410. The number of ether oxygens (including phenoxy) is 1. The summed E-state index contributed by atoms with van der Waals surface area (Å²) in [6.07, 6.45) is 1.77. The maximum atomic E-state index is 11.6. The van der Waals surface area contributed by atoms with E-state index in [2.05, 4.69) is 20.3 Å². The number of oxazole rings is 1. The number of fused-ring (bicyclic) bond motifs is 2. The molecule has 0 unspecified atom stereocenters. The smallest absolute Gasteiger partial charge is 0.417 e. The number of nitrogens with one attached hydrogen (secondary N) is 2. The van der Waals surface area contributed by atoms with E-state index in [-0.39, 0.29) is 0 Å². The highest BCUT2D eigenvalue weighted by Gasteiger charge is 2.19. The highest BCUT2D eigenvalue weighted by atomic mass is 35.5. The van der Waals surface area contributed by atoms with Crippen LogP contribution in [-0.4, -0.2) is 29.1 Å². The largest absolute Gasteiger partial charge is 0.494 e. The van der Waals surface area contributed by atoms with Crippen LogP contribution < -0.4 is 15.8 Å². The number of rotatable bonds is 4. The van der Waals surface area contributed by atoms with Crippen LogP contribution in [0.4, 0.5) is 5.95 Å². The first-order valence-corrected chi connectivity index (χ1v) is 9.90. The fourth-order valence-electron chi connectivity index (χ4n) is 3.72.